The summed E-state index contributed by atoms with van der Waals surface area (Å²) in [6.07, 6.45) is -5.35. The SMILES string of the molecule is COC(=O)C(F)CC1CCN1.O=C(O)C(F)(F)F. The maximum atomic E-state index is 12.8. The molecule has 1 aliphatic rings. The Labute approximate surface area is 100 Å². The van der Waals surface area contributed by atoms with Crippen LogP contribution in [0.3, 0.4) is 0 Å². The second kappa shape index (κ2) is 7.14. The first-order valence-electron chi connectivity index (χ1n) is 4.94. The highest BCUT2D eigenvalue weighted by atomic mass is 19.4. The first-order chi connectivity index (χ1) is 8.18. The monoisotopic (exact) mass is 275 g/mol. The van der Waals surface area contributed by atoms with E-state index in [0.29, 0.717) is 0 Å². The Morgan fingerprint density at radius 1 is 1.50 bits per heavy atom. The molecule has 1 rings (SSSR count). The normalized spacial score (nSPS) is 19.9. The summed E-state index contributed by atoms with van der Waals surface area (Å²) in [5, 5.41) is 10.1. The predicted molar refractivity (Wildman–Crippen MR) is 51.6 cm³/mol. The summed E-state index contributed by atoms with van der Waals surface area (Å²) >= 11 is 0. The van der Waals surface area contributed by atoms with E-state index < -0.39 is 24.3 Å². The van der Waals surface area contributed by atoms with Crippen molar-refractivity contribution >= 4 is 11.9 Å². The van der Waals surface area contributed by atoms with E-state index in [1.54, 1.807) is 0 Å². The molecule has 1 saturated heterocycles. The van der Waals surface area contributed by atoms with E-state index in [-0.39, 0.29) is 12.5 Å². The van der Waals surface area contributed by atoms with Gasteiger partial charge in [0.15, 0.2) is 6.17 Å². The van der Waals surface area contributed by atoms with Crippen molar-refractivity contribution in [2.24, 2.45) is 0 Å². The van der Waals surface area contributed by atoms with Crippen molar-refractivity contribution in [3.05, 3.63) is 0 Å². The van der Waals surface area contributed by atoms with Gasteiger partial charge in [0.1, 0.15) is 0 Å². The van der Waals surface area contributed by atoms with Crippen LogP contribution >= 0.6 is 0 Å². The Hall–Kier alpha value is -1.38. The third-order valence-corrected chi connectivity index (χ3v) is 2.12. The average Bonchev–Trinajstić information content (AvgIpc) is 2.21. The minimum atomic E-state index is -5.08. The standard InChI is InChI=1S/C7H12FNO2.C2HF3O2/c1-11-7(10)6(8)4-5-2-3-9-5;3-2(4,5)1(6)7/h5-6,9H,2-4H2,1H3;(H,6,7). The summed E-state index contributed by atoms with van der Waals surface area (Å²) in [4.78, 5) is 19.5. The number of alkyl halides is 4. The molecule has 1 fully saturated rings. The van der Waals surface area contributed by atoms with Gasteiger partial charge in [-0.15, -0.1) is 0 Å². The van der Waals surface area contributed by atoms with E-state index in [2.05, 4.69) is 10.1 Å². The molecule has 0 aromatic carbocycles. The summed E-state index contributed by atoms with van der Waals surface area (Å²) < 4.78 is 48.7. The number of hydrogen-bond acceptors (Lipinski definition) is 4. The number of nitrogens with one attached hydrogen (secondary N) is 1. The lowest BCUT2D eigenvalue weighted by Gasteiger charge is -2.27. The minimum Gasteiger partial charge on any atom is -0.475 e. The highest BCUT2D eigenvalue weighted by molar-refractivity contribution is 5.74. The molecular weight excluding hydrogens is 262 g/mol. The van der Waals surface area contributed by atoms with Gasteiger partial charge >= 0.3 is 18.1 Å². The summed E-state index contributed by atoms with van der Waals surface area (Å²) in [6, 6.07) is 0.170. The fourth-order valence-electron chi connectivity index (χ4n) is 1.02. The Kier molecular flexibility index (Phi) is 6.60. The fourth-order valence-corrected chi connectivity index (χ4v) is 1.02. The minimum absolute atomic E-state index is 0.170. The molecule has 0 aliphatic carbocycles. The maximum absolute atomic E-state index is 12.8. The van der Waals surface area contributed by atoms with Gasteiger partial charge in [0.05, 0.1) is 7.11 Å². The van der Waals surface area contributed by atoms with Crippen molar-refractivity contribution in [2.45, 2.75) is 31.2 Å². The molecule has 0 spiro atoms. The molecule has 0 aromatic heterocycles. The third kappa shape index (κ3) is 6.38. The highest BCUT2D eigenvalue weighted by Crippen LogP contribution is 2.13. The van der Waals surface area contributed by atoms with Crippen molar-refractivity contribution in [1.29, 1.82) is 0 Å². The van der Waals surface area contributed by atoms with Crippen LogP contribution in [0.15, 0.2) is 0 Å². The van der Waals surface area contributed by atoms with Crippen molar-refractivity contribution < 1.29 is 37.0 Å². The van der Waals surface area contributed by atoms with Crippen molar-refractivity contribution in [1.82, 2.24) is 5.32 Å². The Balaban J connectivity index is 0.000000360. The lowest BCUT2D eigenvalue weighted by atomic mass is 10.0. The van der Waals surface area contributed by atoms with Crippen molar-refractivity contribution in [3.8, 4) is 0 Å². The Bertz CT molecular complexity index is 291. The molecule has 5 nitrogen and oxygen atoms in total. The molecule has 1 heterocycles. The molecular formula is C9H13F4NO4. The van der Waals surface area contributed by atoms with Crippen LogP contribution in [0.5, 0.6) is 0 Å². The summed E-state index contributed by atoms with van der Waals surface area (Å²) in [6.45, 7) is 0.929. The molecule has 0 saturated carbocycles. The van der Waals surface area contributed by atoms with Crippen molar-refractivity contribution in [2.75, 3.05) is 13.7 Å². The van der Waals surface area contributed by atoms with E-state index in [9.17, 15) is 22.4 Å². The number of carboxylic acids is 1. The maximum Gasteiger partial charge on any atom is 0.490 e. The van der Waals surface area contributed by atoms with Crippen LogP contribution in [-0.2, 0) is 14.3 Å². The summed E-state index contributed by atoms with van der Waals surface area (Å²) in [5.41, 5.74) is 0. The second-order valence-corrected chi connectivity index (χ2v) is 3.47. The van der Waals surface area contributed by atoms with Crippen LogP contribution in [0.4, 0.5) is 17.6 Å². The second-order valence-electron chi connectivity index (χ2n) is 3.47. The topological polar surface area (TPSA) is 75.6 Å². The quantitative estimate of drug-likeness (QED) is 0.591. The van der Waals surface area contributed by atoms with Crippen LogP contribution in [0.1, 0.15) is 12.8 Å². The Morgan fingerprint density at radius 2 is 1.94 bits per heavy atom. The molecule has 18 heavy (non-hydrogen) atoms. The van der Waals surface area contributed by atoms with Crippen LogP contribution in [0, 0.1) is 0 Å². The van der Waals surface area contributed by atoms with Gasteiger partial charge in [0, 0.05) is 12.5 Å². The predicted octanol–water partition coefficient (Wildman–Crippen LogP) is 0.883. The number of rotatable bonds is 3. The number of carboxylic acid groups (broad SMARTS) is 1. The van der Waals surface area contributed by atoms with E-state index >= 15 is 0 Å². The number of esters is 1. The van der Waals surface area contributed by atoms with E-state index in [1.807, 2.05) is 0 Å². The van der Waals surface area contributed by atoms with Gasteiger partial charge in [0.2, 0.25) is 0 Å². The van der Waals surface area contributed by atoms with Crippen LogP contribution in [0.2, 0.25) is 0 Å². The number of carbonyl (C=O) groups excluding carboxylic acids is 1. The zero-order valence-corrected chi connectivity index (χ0v) is 9.46. The summed E-state index contributed by atoms with van der Waals surface area (Å²) in [7, 11) is 1.20. The zero-order valence-electron chi connectivity index (χ0n) is 9.46. The Morgan fingerprint density at radius 3 is 2.17 bits per heavy atom. The number of carbonyl (C=O) groups is 2. The van der Waals surface area contributed by atoms with E-state index in [0.717, 1.165) is 13.0 Å². The van der Waals surface area contributed by atoms with E-state index in [1.165, 1.54) is 7.11 Å². The first kappa shape index (κ1) is 16.6. The molecule has 1 aliphatic heterocycles. The molecule has 0 bridgehead atoms. The van der Waals surface area contributed by atoms with E-state index in [4.69, 9.17) is 9.90 Å². The molecule has 106 valence electrons. The third-order valence-electron chi connectivity index (χ3n) is 2.12. The number of methoxy groups -OCH3 is 1. The average molecular weight is 275 g/mol. The first-order valence-corrected chi connectivity index (χ1v) is 4.94. The smallest absolute Gasteiger partial charge is 0.475 e. The van der Waals surface area contributed by atoms with Gasteiger partial charge < -0.3 is 15.2 Å². The zero-order chi connectivity index (χ0) is 14.3. The molecule has 0 aromatic rings. The molecule has 2 atom stereocenters. The van der Waals surface area contributed by atoms with Gasteiger partial charge in [-0.3, -0.25) is 0 Å². The largest absolute Gasteiger partial charge is 0.490 e. The van der Waals surface area contributed by atoms with Gasteiger partial charge in [-0.05, 0) is 13.0 Å². The number of halogens is 4. The van der Waals surface area contributed by atoms with Gasteiger partial charge in [-0.2, -0.15) is 13.2 Å². The van der Waals surface area contributed by atoms with Gasteiger partial charge in [-0.1, -0.05) is 0 Å². The molecule has 0 amide bonds. The van der Waals surface area contributed by atoms with Crippen LogP contribution in [-0.4, -0.2) is 49.1 Å². The van der Waals surface area contributed by atoms with Crippen LogP contribution < -0.4 is 5.32 Å². The van der Waals surface area contributed by atoms with Crippen molar-refractivity contribution in [3.63, 3.8) is 0 Å². The number of hydrogen-bond donors (Lipinski definition) is 2. The molecule has 0 radical (unpaired) electrons. The van der Waals surface area contributed by atoms with Crippen LogP contribution in [0.25, 0.3) is 0 Å². The lowest BCUT2D eigenvalue weighted by molar-refractivity contribution is -0.192. The molecule has 9 heteroatoms. The van der Waals surface area contributed by atoms with Gasteiger partial charge in [0.25, 0.3) is 0 Å². The summed E-state index contributed by atoms with van der Waals surface area (Å²) in [5.74, 6) is -3.52. The number of ether oxygens (including phenoxy) is 1. The molecule has 2 unspecified atom stereocenters. The lowest BCUT2D eigenvalue weighted by Crippen LogP contribution is -2.45. The fraction of sp³-hybridized carbons (Fsp3) is 0.778. The highest BCUT2D eigenvalue weighted by Gasteiger charge is 2.38. The van der Waals surface area contributed by atoms with Gasteiger partial charge in [-0.25, -0.2) is 14.0 Å². The molecule has 2 N–H and O–H groups in total. The number of aliphatic carboxylic acids is 1.